The molecule has 2 heteroatoms. The molecule has 0 aromatic heterocycles. The summed E-state index contributed by atoms with van der Waals surface area (Å²) in [4.78, 5) is 2.23. The molecule has 0 N–H and O–H groups in total. The van der Waals surface area contributed by atoms with Crippen molar-refractivity contribution in [2.45, 2.75) is 26.7 Å². The summed E-state index contributed by atoms with van der Waals surface area (Å²) in [6.45, 7) is 6.56. The van der Waals surface area contributed by atoms with E-state index in [4.69, 9.17) is 11.6 Å². The van der Waals surface area contributed by atoms with E-state index in [2.05, 4.69) is 18.7 Å². The molecule has 0 aromatic carbocycles. The fourth-order valence-electron chi connectivity index (χ4n) is 0.684. The topological polar surface area (TPSA) is 3.24 Å². The lowest BCUT2D eigenvalue weighted by molar-refractivity contribution is 0.329. The van der Waals surface area contributed by atoms with Crippen LogP contribution in [0.2, 0.25) is 0 Å². The summed E-state index contributed by atoms with van der Waals surface area (Å²) >= 11 is 5.63. The average Bonchev–Trinajstić information content (AvgIpc) is 1.91. The first-order chi connectivity index (χ1) is 4.35. The van der Waals surface area contributed by atoms with Crippen LogP contribution in [0.4, 0.5) is 0 Å². The Morgan fingerprint density at radius 3 is 2.33 bits per heavy atom. The SMILES string of the molecule is CCCCN(CC)CCl. The van der Waals surface area contributed by atoms with E-state index in [1.165, 1.54) is 12.8 Å². The maximum absolute atomic E-state index is 5.63. The van der Waals surface area contributed by atoms with Crippen LogP contribution >= 0.6 is 11.6 Å². The Bertz CT molecular complexity index is 52.9. The minimum Gasteiger partial charge on any atom is -0.290 e. The Morgan fingerprint density at radius 2 is 2.00 bits per heavy atom. The van der Waals surface area contributed by atoms with E-state index in [9.17, 15) is 0 Å². The van der Waals surface area contributed by atoms with Gasteiger partial charge in [0.25, 0.3) is 0 Å². The largest absolute Gasteiger partial charge is 0.290 e. The van der Waals surface area contributed by atoms with Gasteiger partial charge in [-0.1, -0.05) is 20.3 Å². The molecule has 0 aliphatic rings. The number of nitrogens with zero attached hydrogens (tertiary/aromatic N) is 1. The first-order valence-electron chi connectivity index (χ1n) is 3.63. The van der Waals surface area contributed by atoms with E-state index in [1.54, 1.807) is 0 Å². The second kappa shape index (κ2) is 6.37. The highest BCUT2D eigenvalue weighted by atomic mass is 35.5. The van der Waals surface area contributed by atoms with Crippen LogP contribution < -0.4 is 0 Å². The highest BCUT2D eigenvalue weighted by Gasteiger charge is 1.95. The van der Waals surface area contributed by atoms with Gasteiger partial charge in [0.05, 0.1) is 6.00 Å². The molecule has 0 aliphatic heterocycles. The highest BCUT2D eigenvalue weighted by Crippen LogP contribution is 1.95. The first-order valence-corrected chi connectivity index (χ1v) is 4.16. The summed E-state index contributed by atoms with van der Waals surface area (Å²) in [5.74, 6) is 0. The zero-order valence-electron chi connectivity index (χ0n) is 6.36. The molecule has 0 unspecified atom stereocenters. The third kappa shape index (κ3) is 4.73. The molecule has 0 spiro atoms. The molecular weight excluding hydrogens is 134 g/mol. The van der Waals surface area contributed by atoms with Crippen LogP contribution in [0.5, 0.6) is 0 Å². The maximum atomic E-state index is 5.63. The van der Waals surface area contributed by atoms with Crippen molar-refractivity contribution in [3.05, 3.63) is 0 Å². The Balaban J connectivity index is 3.09. The molecule has 56 valence electrons. The van der Waals surface area contributed by atoms with Gasteiger partial charge in [-0.05, 0) is 19.5 Å². The van der Waals surface area contributed by atoms with Gasteiger partial charge < -0.3 is 0 Å². The van der Waals surface area contributed by atoms with Crippen LogP contribution in [0.3, 0.4) is 0 Å². The van der Waals surface area contributed by atoms with E-state index in [0.717, 1.165) is 13.1 Å². The predicted molar refractivity (Wildman–Crippen MR) is 42.9 cm³/mol. The number of halogens is 1. The average molecular weight is 150 g/mol. The molecule has 1 nitrogen and oxygen atoms in total. The van der Waals surface area contributed by atoms with Crippen LogP contribution in [0, 0.1) is 0 Å². The molecule has 0 heterocycles. The molecule has 0 aromatic rings. The van der Waals surface area contributed by atoms with Gasteiger partial charge in [0.1, 0.15) is 0 Å². The first kappa shape index (κ1) is 9.25. The van der Waals surface area contributed by atoms with Crippen LogP contribution in [0.1, 0.15) is 26.7 Å². The van der Waals surface area contributed by atoms with E-state index in [-0.39, 0.29) is 0 Å². The fraction of sp³-hybridized carbons (Fsp3) is 1.00. The number of alkyl halides is 1. The van der Waals surface area contributed by atoms with Crippen LogP contribution in [-0.2, 0) is 0 Å². The summed E-state index contributed by atoms with van der Waals surface area (Å²) in [6, 6.07) is 0.677. The zero-order chi connectivity index (χ0) is 7.11. The lowest BCUT2D eigenvalue weighted by atomic mass is 10.3. The number of hydrogen-bond donors (Lipinski definition) is 0. The molecule has 0 radical (unpaired) electrons. The second-order valence-corrected chi connectivity index (χ2v) is 2.42. The molecule has 0 saturated heterocycles. The van der Waals surface area contributed by atoms with Gasteiger partial charge >= 0.3 is 0 Å². The number of hydrogen-bond acceptors (Lipinski definition) is 1. The van der Waals surface area contributed by atoms with Crippen LogP contribution in [0.15, 0.2) is 0 Å². The van der Waals surface area contributed by atoms with Gasteiger partial charge in [-0.25, -0.2) is 0 Å². The molecular formula is C7H16ClN. The molecule has 0 aliphatic carbocycles. The summed E-state index contributed by atoms with van der Waals surface area (Å²) in [5, 5.41) is 0. The van der Waals surface area contributed by atoms with Gasteiger partial charge in [0.15, 0.2) is 0 Å². The summed E-state index contributed by atoms with van der Waals surface area (Å²) in [5.41, 5.74) is 0. The van der Waals surface area contributed by atoms with E-state index < -0.39 is 0 Å². The summed E-state index contributed by atoms with van der Waals surface area (Å²) < 4.78 is 0. The molecule has 0 amide bonds. The van der Waals surface area contributed by atoms with Gasteiger partial charge in [0.2, 0.25) is 0 Å². The number of rotatable bonds is 5. The minimum atomic E-state index is 0.677. The van der Waals surface area contributed by atoms with Crippen LogP contribution in [-0.4, -0.2) is 24.0 Å². The van der Waals surface area contributed by atoms with Crippen molar-refractivity contribution in [3.63, 3.8) is 0 Å². The van der Waals surface area contributed by atoms with Crippen molar-refractivity contribution in [1.29, 1.82) is 0 Å². The van der Waals surface area contributed by atoms with Crippen molar-refractivity contribution >= 4 is 11.6 Å². The normalized spacial score (nSPS) is 10.7. The second-order valence-electron chi connectivity index (χ2n) is 2.18. The van der Waals surface area contributed by atoms with Gasteiger partial charge in [-0.3, -0.25) is 4.90 Å². The maximum Gasteiger partial charge on any atom is 0.0738 e. The van der Waals surface area contributed by atoms with Gasteiger partial charge in [-0.15, -0.1) is 11.6 Å². The molecule has 9 heavy (non-hydrogen) atoms. The summed E-state index contributed by atoms with van der Waals surface area (Å²) in [6.07, 6.45) is 2.52. The molecule has 0 fully saturated rings. The van der Waals surface area contributed by atoms with E-state index >= 15 is 0 Å². The van der Waals surface area contributed by atoms with Crippen molar-refractivity contribution in [2.24, 2.45) is 0 Å². The molecule has 0 bridgehead atoms. The predicted octanol–water partition coefficient (Wildman–Crippen LogP) is 2.30. The van der Waals surface area contributed by atoms with E-state index in [1.807, 2.05) is 0 Å². The molecule has 0 saturated carbocycles. The highest BCUT2D eigenvalue weighted by molar-refractivity contribution is 6.17. The molecule has 0 atom stereocenters. The van der Waals surface area contributed by atoms with Gasteiger partial charge in [-0.2, -0.15) is 0 Å². The standard InChI is InChI=1S/C7H16ClN/c1-3-5-6-9(4-2)7-8/h3-7H2,1-2H3. The van der Waals surface area contributed by atoms with Crippen LogP contribution in [0.25, 0.3) is 0 Å². The zero-order valence-corrected chi connectivity index (χ0v) is 7.12. The Hall–Kier alpha value is 0.250. The van der Waals surface area contributed by atoms with Crippen molar-refractivity contribution < 1.29 is 0 Å². The smallest absolute Gasteiger partial charge is 0.0738 e. The quantitative estimate of drug-likeness (QED) is 0.429. The minimum absolute atomic E-state index is 0.677. The monoisotopic (exact) mass is 149 g/mol. The lowest BCUT2D eigenvalue weighted by Crippen LogP contribution is -2.22. The van der Waals surface area contributed by atoms with E-state index in [0.29, 0.717) is 6.00 Å². The number of unbranched alkanes of at least 4 members (excludes halogenated alkanes) is 1. The third-order valence-electron chi connectivity index (χ3n) is 1.44. The van der Waals surface area contributed by atoms with Crippen molar-refractivity contribution in [1.82, 2.24) is 4.90 Å². The lowest BCUT2D eigenvalue weighted by Gasteiger charge is -2.15. The Labute approximate surface area is 63.0 Å². The summed E-state index contributed by atoms with van der Waals surface area (Å²) in [7, 11) is 0. The van der Waals surface area contributed by atoms with Crippen molar-refractivity contribution in [2.75, 3.05) is 19.1 Å². The van der Waals surface area contributed by atoms with Gasteiger partial charge in [0, 0.05) is 0 Å². The Morgan fingerprint density at radius 1 is 1.33 bits per heavy atom. The Kier molecular flexibility index (Phi) is 6.55. The van der Waals surface area contributed by atoms with Crippen molar-refractivity contribution in [3.8, 4) is 0 Å². The fourth-order valence-corrected chi connectivity index (χ4v) is 0.973. The molecule has 0 rings (SSSR count). The third-order valence-corrected chi connectivity index (χ3v) is 1.78.